The summed E-state index contributed by atoms with van der Waals surface area (Å²) in [5, 5.41) is 11.7. The minimum atomic E-state index is -0.562. The summed E-state index contributed by atoms with van der Waals surface area (Å²) < 4.78 is 5.08. The summed E-state index contributed by atoms with van der Waals surface area (Å²) >= 11 is 1.35. The van der Waals surface area contributed by atoms with Gasteiger partial charge in [-0.05, 0) is 12.1 Å². The fourth-order valence-electron chi connectivity index (χ4n) is 1.23. The second-order valence-corrected chi connectivity index (χ2v) is 4.94. The number of para-hydroxylation sites is 1. The Kier molecular flexibility index (Phi) is 3.88. The first-order valence-electron chi connectivity index (χ1n) is 5.52. The van der Waals surface area contributed by atoms with Gasteiger partial charge in [-0.15, -0.1) is 10.2 Å². The highest BCUT2D eigenvalue weighted by atomic mass is 32.1. The molecule has 94 valence electrons. The van der Waals surface area contributed by atoms with Gasteiger partial charge in [0.1, 0.15) is 10.8 Å². The van der Waals surface area contributed by atoms with E-state index >= 15 is 0 Å². The van der Waals surface area contributed by atoms with E-state index in [1.54, 1.807) is 24.3 Å². The Bertz CT molecular complexity index is 525. The molecule has 0 unspecified atom stereocenters. The highest BCUT2D eigenvalue weighted by Gasteiger charge is 2.11. The third-order valence-corrected chi connectivity index (χ3v) is 3.24. The predicted octanol–water partition coefficient (Wildman–Crippen LogP) is 3.27. The molecule has 1 heterocycles. The van der Waals surface area contributed by atoms with Crippen LogP contribution in [0.4, 0.5) is 9.93 Å². The number of carbonyl (C=O) groups is 1. The number of aromatic nitrogens is 2. The molecule has 1 amide bonds. The first-order valence-corrected chi connectivity index (χ1v) is 6.34. The van der Waals surface area contributed by atoms with Crippen molar-refractivity contribution < 1.29 is 9.53 Å². The molecule has 0 aliphatic rings. The molecule has 5 nitrogen and oxygen atoms in total. The number of ether oxygens (including phenoxy) is 1. The van der Waals surface area contributed by atoms with Crippen molar-refractivity contribution in [2.75, 3.05) is 5.32 Å². The third kappa shape index (κ3) is 3.27. The molecule has 1 aromatic carbocycles. The molecule has 0 saturated carbocycles. The molecule has 0 fully saturated rings. The standard InChI is InChI=1S/C12H13N3O2S/c1-8(2)10-14-15-11(18-10)13-12(16)17-9-6-4-3-5-7-9/h3-8H,1-2H3,(H,13,15,16). The van der Waals surface area contributed by atoms with Crippen LogP contribution in [0.15, 0.2) is 30.3 Å². The van der Waals surface area contributed by atoms with Crippen molar-refractivity contribution in [3.63, 3.8) is 0 Å². The van der Waals surface area contributed by atoms with Gasteiger partial charge >= 0.3 is 6.09 Å². The Labute approximate surface area is 109 Å². The van der Waals surface area contributed by atoms with Crippen LogP contribution >= 0.6 is 11.3 Å². The molecule has 0 aliphatic heterocycles. The third-order valence-electron chi connectivity index (χ3n) is 2.10. The van der Waals surface area contributed by atoms with E-state index in [1.807, 2.05) is 19.9 Å². The smallest absolute Gasteiger partial charge is 0.410 e. The average Bonchev–Trinajstić information content (AvgIpc) is 2.78. The van der Waals surface area contributed by atoms with Crippen LogP contribution in [0.3, 0.4) is 0 Å². The molecule has 2 aromatic rings. The highest BCUT2D eigenvalue weighted by Crippen LogP contribution is 2.22. The summed E-state index contributed by atoms with van der Waals surface area (Å²) in [7, 11) is 0. The van der Waals surface area contributed by atoms with Crippen LogP contribution in [0.25, 0.3) is 0 Å². The summed E-state index contributed by atoms with van der Waals surface area (Å²) in [6.45, 7) is 4.04. The maximum absolute atomic E-state index is 11.6. The first-order chi connectivity index (χ1) is 8.65. The number of carbonyl (C=O) groups excluding carboxylic acids is 1. The Morgan fingerprint density at radius 3 is 2.61 bits per heavy atom. The van der Waals surface area contributed by atoms with Gasteiger partial charge in [0.05, 0.1) is 0 Å². The molecule has 0 radical (unpaired) electrons. The van der Waals surface area contributed by atoms with Gasteiger partial charge in [-0.3, -0.25) is 5.32 Å². The van der Waals surface area contributed by atoms with E-state index in [0.29, 0.717) is 16.8 Å². The van der Waals surface area contributed by atoms with Crippen molar-refractivity contribution in [2.45, 2.75) is 19.8 Å². The maximum Gasteiger partial charge on any atom is 0.418 e. The van der Waals surface area contributed by atoms with Crippen LogP contribution in [0.2, 0.25) is 0 Å². The lowest BCUT2D eigenvalue weighted by Gasteiger charge is -2.02. The Hall–Kier alpha value is -1.95. The average molecular weight is 263 g/mol. The molecule has 2 rings (SSSR count). The van der Waals surface area contributed by atoms with Crippen molar-refractivity contribution in [1.82, 2.24) is 10.2 Å². The lowest BCUT2D eigenvalue weighted by molar-refractivity contribution is 0.215. The number of amides is 1. The zero-order valence-corrected chi connectivity index (χ0v) is 10.9. The van der Waals surface area contributed by atoms with E-state index < -0.39 is 6.09 Å². The van der Waals surface area contributed by atoms with Crippen molar-refractivity contribution in [3.05, 3.63) is 35.3 Å². The molecule has 0 saturated heterocycles. The predicted molar refractivity (Wildman–Crippen MR) is 70.1 cm³/mol. The van der Waals surface area contributed by atoms with Crippen molar-refractivity contribution in [2.24, 2.45) is 0 Å². The second kappa shape index (κ2) is 5.59. The molecule has 1 aromatic heterocycles. The SMILES string of the molecule is CC(C)c1nnc(NC(=O)Oc2ccccc2)s1. The Morgan fingerprint density at radius 1 is 1.28 bits per heavy atom. The summed E-state index contributed by atoms with van der Waals surface area (Å²) in [6.07, 6.45) is -0.562. The molecular formula is C12H13N3O2S. The lowest BCUT2D eigenvalue weighted by Crippen LogP contribution is -2.16. The van der Waals surface area contributed by atoms with E-state index in [9.17, 15) is 4.79 Å². The Balaban J connectivity index is 1.95. The Morgan fingerprint density at radius 2 is 2.00 bits per heavy atom. The fourth-order valence-corrected chi connectivity index (χ4v) is 1.96. The quantitative estimate of drug-likeness (QED) is 0.923. The maximum atomic E-state index is 11.6. The molecule has 1 N–H and O–H groups in total. The van der Waals surface area contributed by atoms with Crippen LogP contribution in [-0.4, -0.2) is 16.3 Å². The first kappa shape index (κ1) is 12.5. The summed E-state index contributed by atoms with van der Waals surface area (Å²) in [5.74, 6) is 0.784. The number of nitrogens with zero attached hydrogens (tertiary/aromatic N) is 2. The normalized spacial score (nSPS) is 10.4. The zero-order valence-electron chi connectivity index (χ0n) is 10.1. The number of rotatable bonds is 3. The largest absolute Gasteiger partial charge is 0.418 e. The van der Waals surface area contributed by atoms with Gasteiger partial charge in [0, 0.05) is 5.92 Å². The van der Waals surface area contributed by atoms with Gasteiger partial charge in [0.25, 0.3) is 0 Å². The summed E-state index contributed by atoms with van der Waals surface area (Å²) in [5.41, 5.74) is 0. The van der Waals surface area contributed by atoms with Crippen LogP contribution < -0.4 is 10.1 Å². The minimum Gasteiger partial charge on any atom is -0.410 e. The van der Waals surface area contributed by atoms with Crippen molar-refractivity contribution in [3.8, 4) is 5.75 Å². The number of anilines is 1. The molecule has 18 heavy (non-hydrogen) atoms. The van der Waals surface area contributed by atoms with Crippen molar-refractivity contribution >= 4 is 22.6 Å². The lowest BCUT2D eigenvalue weighted by atomic mass is 10.2. The zero-order chi connectivity index (χ0) is 13.0. The van der Waals surface area contributed by atoms with Gasteiger partial charge in [0.2, 0.25) is 5.13 Å². The van der Waals surface area contributed by atoms with Gasteiger partial charge < -0.3 is 4.74 Å². The van der Waals surface area contributed by atoms with E-state index in [0.717, 1.165) is 5.01 Å². The van der Waals surface area contributed by atoms with E-state index in [2.05, 4.69) is 15.5 Å². The molecule has 0 aliphatic carbocycles. The van der Waals surface area contributed by atoms with Crippen LogP contribution in [0, 0.1) is 0 Å². The van der Waals surface area contributed by atoms with Gasteiger partial charge in [0.15, 0.2) is 0 Å². The van der Waals surface area contributed by atoms with Crippen LogP contribution in [0.5, 0.6) is 5.75 Å². The van der Waals surface area contributed by atoms with E-state index in [-0.39, 0.29) is 0 Å². The fraction of sp³-hybridized carbons (Fsp3) is 0.250. The van der Waals surface area contributed by atoms with Crippen LogP contribution in [-0.2, 0) is 0 Å². The van der Waals surface area contributed by atoms with Gasteiger partial charge in [-0.1, -0.05) is 43.4 Å². The minimum absolute atomic E-state index is 0.295. The van der Waals surface area contributed by atoms with Crippen molar-refractivity contribution in [1.29, 1.82) is 0 Å². The number of benzene rings is 1. The monoisotopic (exact) mass is 263 g/mol. The summed E-state index contributed by atoms with van der Waals surface area (Å²) in [6, 6.07) is 8.86. The molecule has 0 spiro atoms. The second-order valence-electron chi connectivity index (χ2n) is 3.93. The number of nitrogens with one attached hydrogen (secondary N) is 1. The van der Waals surface area contributed by atoms with Gasteiger partial charge in [-0.25, -0.2) is 4.79 Å². The highest BCUT2D eigenvalue weighted by molar-refractivity contribution is 7.15. The summed E-state index contributed by atoms with van der Waals surface area (Å²) in [4.78, 5) is 11.6. The molecule has 0 atom stereocenters. The van der Waals surface area contributed by atoms with E-state index in [1.165, 1.54) is 11.3 Å². The van der Waals surface area contributed by atoms with Crippen LogP contribution in [0.1, 0.15) is 24.8 Å². The van der Waals surface area contributed by atoms with Gasteiger partial charge in [-0.2, -0.15) is 0 Å². The topological polar surface area (TPSA) is 64.1 Å². The molecular weight excluding hydrogens is 250 g/mol. The molecule has 6 heteroatoms. The van der Waals surface area contributed by atoms with E-state index in [4.69, 9.17) is 4.74 Å². The molecule has 0 bridgehead atoms. The number of hydrogen-bond donors (Lipinski definition) is 1. The number of hydrogen-bond acceptors (Lipinski definition) is 5.